The molecule has 1 aromatic carbocycles. The van der Waals surface area contributed by atoms with Gasteiger partial charge in [0.25, 0.3) is 0 Å². The number of halogens is 2. The molecule has 0 aliphatic carbocycles. The molecule has 0 aromatic heterocycles. The molecule has 0 spiro atoms. The number of nitrogens with zero attached hydrogens (tertiary/aromatic N) is 1. The molecule has 0 unspecified atom stereocenters. The Morgan fingerprint density at radius 3 is 2.60 bits per heavy atom. The largest absolute Gasteiger partial charge is 0.480 e. The van der Waals surface area contributed by atoms with Crippen molar-refractivity contribution in [1.29, 1.82) is 0 Å². The summed E-state index contributed by atoms with van der Waals surface area (Å²) >= 11 is 0. The number of aliphatic carboxylic acids is 1. The highest BCUT2D eigenvalue weighted by atomic mass is 19.1. The Balaban J connectivity index is 2.65. The molecule has 0 bridgehead atoms. The second kappa shape index (κ2) is 7.54. The number of carboxylic acids is 1. The molecule has 0 fully saturated rings. The van der Waals surface area contributed by atoms with Crippen LogP contribution in [0.1, 0.15) is 13.3 Å². The van der Waals surface area contributed by atoms with Crippen LogP contribution in [0.4, 0.5) is 14.5 Å². The highest BCUT2D eigenvalue weighted by Gasteiger charge is 2.14. The summed E-state index contributed by atoms with van der Waals surface area (Å²) in [5, 5.41) is 10.9. The van der Waals surface area contributed by atoms with E-state index in [1.165, 1.54) is 4.90 Å². The Kier molecular flexibility index (Phi) is 6.05. The van der Waals surface area contributed by atoms with Crippen LogP contribution in [0.25, 0.3) is 0 Å². The Hall–Kier alpha value is -2.02. The zero-order valence-corrected chi connectivity index (χ0v) is 11.0. The van der Waals surface area contributed by atoms with Crippen molar-refractivity contribution in [1.82, 2.24) is 4.90 Å². The van der Waals surface area contributed by atoms with Gasteiger partial charge in [-0.15, -0.1) is 0 Å². The topological polar surface area (TPSA) is 69.6 Å². The van der Waals surface area contributed by atoms with Gasteiger partial charge in [0, 0.05) is 6.07 Å². The molecule has 0 aliphatic heterocycles. The Labute approximate surface area is 115 Å². The number of carbonyl (C=O) groups excluding carboxylic acids is 1. The molecule has 1 rings (SSSR count). The minimum absolute atomic E-state index is 0.198. The highest BCUT2D eigenvalue weighted by Crippen LogP contribution is 2.15. The molecular weight excluding hydrogens is 270 g/mol. The maximum absolute atomic E-state index is 13.3. The van der Waals surface area contributed by atoms with Gasteiger partial charge >= 0.3 is 5.97 Å². The van der Waals surface area contributed by atoms with Crippen LogP contribution < -0.4 is 5.32 Å². The van der Waals surface area contributed by atoms with Crippen molar-refractivity contribution in [2.24, 2.45) is 0 Å². The molecule has 0 saturated heterocycles. The summed E-state index contributed by atoms with van der Waals surface area (Å²) in [6.07, 6.45) is 0.675. The Bertz CT molecular complexity index is 495. The average Bonchev–Trinajstić information content (AvgIpc) is 2.33. The minimum atomic E-state index is -1.05. The lowest BCUT2D eigenvalue weighted by Gasteiger charge is -2.18. The number of rotatable bonds is 7. The summed E-state index contributed by atoms with van der Waals surface area (Å²) in [7, 11) is 0. The molecule has 110 valence electrons. The molecule has 0 aliphatic rings. The quantitative estimate of drug-likeness (QED) is 0.800. The number of carboxylic acid groups (broad SMARTS) is 1. The fourth-order valence-corrected chi connectivity index (χ4v) is 1.71. The average molecular weight is 286 g/mol. The summed E-state index contributed by atoms with van der Waals surface area (Å²) in [5.74, 6) is -3.06. The summed E-state index contributed by atoms with van der Waals surface area (Å²) < 4.78 is 26.3. The van der Waals surface area contributed by atoms with Crippen molar-refractivity contribution in [3.05, 3.63) is 29.8 Å². The van der Waals surface area contributed by atoms with Gasteiger partial charge in [0.2, 0.25) is 5.91 Å². The van der Waals surface area contributed by atoms with Gasteiger partial charge in [0.05, 0.1) is 18.8 Å². The predicted molar refractivity (Wildman–Crippen MR) is 69.4 cm³/mol. The first-order chi connectivity index (χ1) is 9.42. The molecular formula is C13H16F2N2O3. The van der Waals surface area contributed by atoms with E-state index in [0.717, 1.165) is 18.2 Å². The second-order valence-electron chi connectivity index (χ2n) is 4.28. The monoisotopic (exact) mass is 286 g/mol. The maximum Gasteiger partial charge on any atom is 0.317 e. The van der Waals surface area contributed by atoms with Gasteiger partial charge in [-0.2, -0.15) is 0 Å². The zero-order valence-electron chi connectivity index (χ0n) is 11.0. The van der Waals surface area contributed by atoms with Crippen LogP contribution in [0, 0.1) is 11.6 Å². The van der Waals surface area contributed by atoms with E-state index in [-0.39, 0.29) is 18.8 Å². The van der Waals surface area contributed by atoms with Crippen molar-refractivity contribution in [3.8, 4) is 0 Å². The van der Waals surface area contributed by atoms with E-state index in [0.29, 0.717) is 13.0 Å². The summed E-state index contributed by atoms with van der Waals surface area (Å²) in [6.45, 7) is 1.79. The lowest BCUT2D eigenvalue weighted by atomic mass is 10.3. The van der Waals surface area contributed by atoms with Gasteiger partial charge in [0.15, 0.2) is 0 Å². The molecule has 2 N–H and O–H groups in total. The van der Waals surface area contributed by atoms with Crippen molar-refractivity contribution in [2.45, 2.75) is 13.3 Å². The molecule has 0 saturated carbocycles. The number of benzene rings is 1. The summed E-state index contributed by atoms with van der Waals surface area (Å²) in [4.78, 5) is 23.8. The minimum Gasteiger partial charge on any atom is -0.480 e. The van der Waals surface area contributed by atoms with Crippen molar-refractivity contribution < 1.29 is 23.5 Å². The number of hydrogen-bond acceptors (Lipinski definition) is 3. The van der Waals surface area contributed by atoms with Crippen LogP contribution in [0.5, 0.6) is 0 Å². The molecule has 1 aromatic rings. The van der Waals surface area contributed by atoms with E-state index < -0.39 is 23.5 Å². The molecule has 0 radical (unpaired) electrons. The number of hydrogen-bond donors (Lipinski definition) is 2. The van der Waals surface area contributed by atoms with Gasteiger partial charge < -0.3 is 10.4 Å². The second-order valence-corrected chi connectivity index (χ2v) is 4.28. The summed E-state index contributed by atoms with van der Waals surface area (Å²) in [6, 6.07) is 2.72. The molecule has 20 heavy (non-hydrogen) atoms. The lowest BCUT2D eigenvalue weighted by molar-refractivity contribution is -0.138. The standard InChI is InChI=1S/C13H16F2N2O3/c1-2-5-17(8-13(19)20)7-12(18)16-11-6-9(14)3-4-10(11)15/h3-4,6H,2,5,7-8H2,1H3,(H,16,18)(H,19,20). The van der Waals surface area contributed by atoms with E-state index in [1.54, 1.807) is 0 Å². The van der Waals surface area contributed by atoms with Gasteiger partial charge in [-0.3, -0.25) is 14.5 Å². The van der Waals surface area contributed by atoms with Gasteiger partial charge in [-0.05, 0) is 25.1 Å². The van der Waals surface area contributed by atoms with Crippen molar-refractivity contribution in [2.75, 3.05) is 25.0 Å². The Morgan fingerprint density at radius 2 is 2.00 bits per heavy atom. The predicted octanol–water partition coefficient (Wildman–Crippen LogP) is 1.70. The van der Waals surface area contributed by atoms with Gasteiger partial charge in [0.1, 0.15) is 11.6 Å². The molecule has 7 heteroatoms. The third-order valence-electron chi connectivity index (χ3n) is 2.47. The van der Waals surface area contributed by atoms with Crippen LogP contribution in [0.15, 0.2) is 18.2 Å². The normalized spacial score (nSPS) is 10.6. The number of amides is 1. The number of anilines is 1. The number of carbonyl (C=O) groups is 2. The maximum atomic E-state index is 13.3. The van der Waals surface area contributed by atoms with E-state index in [4.69, 9.17) is 5.11 Å². The fourth-order valence-electron chi connectivity index (χ4n) is 1.71. The first-order valence-electron chi connectivity index (χ1n) is 6.11. The van der Waals surface area contributed by atoms with E-state index in [1.807, 2.05) is 6.92 Å². The lowest BCUT2D eigenvalue weighted by Crippen LogP contribution is -2.37. The van der Waals surface area contributed by atoms with Gasteiger partial charge in [-0.1, -0.05) is 6.92 Å². The van der Waals surface area contributed by atoms with Crippen LogP contribution in [0.3, 0.4) is 0 Å². The van der Waals surface area contributed by atoms with Crippen LogP contribution in [-0.4, -0.2) is 41.5 Å². The van der Waals surface area contributed by atoms with E-state index >= 15 is 0 Å². The SMILES string of the molecule is CCCN(CC(=O)O)CC(=O)Nc1cc(F)ccc1F. The highest BCUT2D eigenvalue weighted by molar-refractivity contribution is 5.92. The molecule has 0 heterocycles. The van der Waals surface area contributed by atoms with Crippen LogP contribution in [0.2, 0.25) is 0 Å². The van der Waals surface area contributed by atoms with Crippen LogP contribution in [-0.2, 0) is 9.59 Å². The van der Waals surface area contributed by atoms with E-state index in [2.05, 4.69) is 5.32 Å². The van der Waals surface area contributed by atoms with Gasteiger partial charge in [-0.25, -0.2) is 8.78 Å². The first kappa shape index (κ1) is 16.0. The van der Waals surface area contributed by atoms with E-state index in [9.17, 15) is 18.4 Å². The van der Waals surface area contributed by atoms with Crippen LogP contribution >= 0.6 is 0 Å². The summed E-state index contributed by atoms with van der Waals surface area (Å²) in [5.41, 5.74) is -0.262. The third kappa shape index (κ3) is 5.31. The smallest absolute Gasteiger partial charge is 0.317 e. The fraction of sp³-hybridized carbons (Fsp3) is 0.385. The first-order valence-corrected chi connectivity index (χ1v) is 6.11. The molecule has 1 amide bonds. The Morgan fingerprint density at radius 1 is 1.30 bits per heavy atom. The molecule has 5 nitrogen and oxygen atoms in total. The zero-order chi connectivity index (χ0) is 15.1. The van der Waals surface area contributed by atoms with Crippen molar-refractivity contribution >= 4 is 17.6 Å². The van der Waals surface area contributed by atoms with Crippen molar-refractivity contribution in [3.63, 3.8) is 0 Å². The molecule has 0 atom stereocenters. The number of nitrogens with one attached hydrogen (secondary N) is 1. The third-order valence-corrected chi connectivity index (χ3v) is 2.47.